The van der Waals surface area contributed by atoms with Gasteiger partial charge in [-0.25, -0.2) is 4.89 Å². The van der Waals surface area contributed by atoms with E-state index in [1.807, 2.05) is 6.92 Å². The second kappa shape index (κ2) is 3.28. The summed E-state index contributed by atoms with van der Waals surface area (Å²) in [5.41, 5.74) is 0.796. The summed E-state index contributed by atoms with van der Waals surface area (Å²) >= 11 is 0. The molecular formula is C11H18O4. The van der Waals surface area contributed by atoms with Crippen LogP contribution in [0.5, 0.6) is 0 Å². The van der Waals surface area contributed by atoms with E-state index in [2.05, 4.69) is 20.4 Å². The Morgan fingerprint density at radius 3 is 2.60 bits per heavy atom. The van der Waals surface area contributed by atoms with Crippen molar-refractivity contribution in [1.29, 1.82) is 0 Å². The predicted molar refractivity (Wildman–Crippen MR) is 53.8 cm³/mol. The Hall–Kier alpha value is -0.420. The van der Waals surface area contributed by atoms with E-state index < -0.39 is 5.97 Å². The van der Waals surface area contributed by atoms with Crippen molar-refractivity contribution >= 4 is 0 Å². The lowest BCUT2D eigenvalue weighted by molar-refractivity contribution is -0.581. The fraction of sp³-hybridized carbons (Fsp3) is 0.818. The lowest BCUT2D eigenvalue weighted by Crippen LogP contribution is -2.61. The first-order valence-electron chi connectivity index (χ1n) is 5.16. The second-order valence-electron chi connectivity index (χ2n) is 5.12. The number of rotatable bonds is 1. The van der Waals surface area contributed by atoms with Crippen molar-refractivity contribution in [3.63, 3.8) is 0 Å². The van der Waals surface area contributed by atoms with Crippen LogP contribution in [0, 0.1) is 5.41 Å². The van der Waals surface area contributed by atoms with Gasteiger partial charge in [0.2, 0.25) is 0 Å². The van der Waals surface area contributed by atoms with E-state index >= 15 is 0 Å². The molecule has 2 heterocycles. The Labute approximate surface area is 90.1 Å². The van der Waals surface area contributed by atoms with Crippen LogP contribution in [-0.2, 0) is 19.2 Å². The maximum absolute atomic E-state index is 5.77. The molecule has 4 heteroatoms. The number of ether oxygens (including phenoxy) is 2. The molecule has 0 saturated carbocycles. The molecule has 2 aliphatic rings. The fourth-order valence-corrected chi connectivity index (χ4v) is 1.87. The zero-order valence-corrected chi connectivity index (χ0v) is 9.70. The minimum atomic E-state index is -1.06. The van der Waals surface area contributed by atoms with Crippen molar-refractivity contribution < 1.29 is 19.2 Å². The number of fused-ring (bicyclic) bond motifs is 2. The lowest BCUT2D eigenvalue weighted by Gasteiger charge is -2.51. The molecule has 15 heavy (non-hydrogen) atoms. The van der Waals surface area contributed by atoms with Gasteiger partial charge in [0.1, 0.15) is 12.2 Å². The van der Waals surface area contributed by atoms with E-state index in [1.54, 1.807) is 6.92 Å². The Morgan fingerprint density at radius 2 is 2.00 bits per heavy atom. The monoisotopic (exact) mass is 214 g/mol. The highest BCUT2D eigenvalue weighted by Crippen LogP contribution is 2.42. The van der Waals surface area contributed by atoms with Gasteiger partial charge in [-0.3, -0.25) is 0 Å². The molecule has 3 atom stereocenters. The summed E-state index contributed by atoms with van der Waals surface area (Å²) < 4.78 is 11.2. The van der Waals surface area contributed by atoms with Crippen LogP contribution >= 0.6 is 0 Å². The van der Waals surface area contributed by atoms with E-state index in [0.717, 1.165) is 5.57 Å². The maximum atomic E-state index is 5.77. The summed E-state index contributed by atoms with van der Waals surface area (Å²) in [5.74, 6) is -1.06. The summed E-state index contributed by atoms with van der Waals surface area (Å²) in [5, 5.41) is 0. The molecule has 2 fully saturated rings. The van der Waals surface area contributed by atoms with Crippen molar-refractivity contribution in [2.75, 3.05) is 6.61 Å². The molecule has 0 spiro atoms. The van der Waals surface area contributed by atoms with E-state index in [9.17, 15) is 0 Å². The van der Waals surface area contributed by atoms with Crippen LogP contribution in [-0.4, -0.2) is 24.8 Å². The van der Waals surface area contributed by atoms with Crippen LogP contribution < -0.4 is 0 Å². The van der Waals surface area contributed by atoms with Gasteiger partial charge in [0, 0.05) is 12.3 Å². The lowest BCUT2D eigenvalue weighted by atomic mass is 9.81. The summed E-state index contributed by atoms with van der Waals surface area (Å²) in [6, 6.07) is 0. The molecule has 0 unspecified atom stereocenters. The molecule has 2 rings (SSSR count). The van der Waals surface area contributed by atoms with E-state index in [1.165, 1.54) is 0 Å². The SMILES string of the molecule is C=C(C)[C@H]1OO[C@]2(C)OCC(C)(C)[C@H]1O2. The van der Waals surface area contributed by atoms with Gasteiger partial charge in [-0.1, -0.05) is 20.4 Å². The minimum Gasteiger partial charge on any atom is -0.325 e. The van der Waals surface area contributed by atoms with Gasteiger partial charge in [-0.2, -0.15) is 4.89 Å². The van der Waals surface area contributed by atoms with Gasteiger partial charge in [0.25, 0.3) is 0 Å². The Bertz CT molecular complexity index is 286. The van der Waals surface area contributed by atoms with Crippen LogP contribution in [0.2, 0.25) is 0 Å². The highest BCUT2D eigenvalue weighted by Gasteiger charge is 2.53. The van der Waals surface area contributed by atoms with E-state index in [0.29, 0.717) is 6.61 Å². The zero-order valence-electron chi connectivity index (χ0n) is 9.70. The molecule has 0 N–H and O–H groups in total. The molecule has 0 radical (unpaired) electrons. The molecule has 2 saturated heterocycles. The summed E-state index contributed by atoms with van der Waals surface area (Å²) in [6.45, 7) is 12.3. The fourth-order valence-electron chi connectivity index (χ4n) is 1.87. The second-order valence-corrected chi connectivity index (χ2v) is 5.12. The van der Waals surface area contributed by atoms with Crippen LogP contribution in [0.25, 0.3) is 0 Å². The first kappa shape index (κ1) is 11.1. The molecule has 0 aromatic heterocycles. The topological polar surface area (TPSA) is 36.9 Å². The molecule has 0 aliphatic carbocycles. The first-order valence-corrected chi connectivity index (χ1v) is 5.16. The molecule has 4 nitrogen and oxygen atoms in total. The maximum Gasteiger partial charge on any atom is 0.309 e. The van der Waals surface area contributed by atoms with Crippen LogP contribution in [0.3, 0.4) is 0 Å². The zero-order chi connectivity index (χ0) is 11.3. The van der Waals surface area contributed by atoms with Crippen molar-refractivity contribution in [2.24, 2.45) is 5.41 Å². The van der Waals surface area contributed by atoms with Crippen molar-refractivity contribution in [1.82, 2.24) is 0 Å². The largest absolute Gasteiger partial charge is 0.325 e. The quantitative estimate of drug-likeness (QED) is 0.494. The summed E-state index contributed by atoms with van der Waals surface area (Å²) in [7, 11) is 0. The van der Waals surface area contributed by atoms with E-state index in [4.69, 9.17) is 19.2 Å². The normalized spacial score (nSPS) is 43.7. The van der Waals surface area contributed by atoms with Crippen LogP contribution in [0.4, 0.5) is 0 Å². The highest BCUT2D eigenvalue weighted by atomic mass is 17.3. The predicted octanol–water partition coefficient (Wildman–Crippen LogP) is 2.01. The number of hydrogen-bond donors (Lipinski definition) is 0. The van der Waals surface area contributed by atoms with Gasteiger partial charge in [0.05, 0.1) is 6.61 Å². The summed E-state index contributed by atoms with van der Waals surface area (Å²) in [6.07, 6.45) is -0.306. The molecule has 2 bridgehead atoms. The Balaban J connectivity index is 2.25. The third-order valence-corrected chi connectivity index (χ3v) is 2.88. The summed E-state index contributed by atoms with van der Waals surface area (Å²) in [4.78, 5) is 10.4. The average molecular weight is 214 g/mol. The number of hydrogen-bond acceptors (Lipinski definition) is 4. The van der Waals surface area contributed by atoms with Crippen molar-refractivity contribution in [2.45, 2.75) is 45.9 Å². The molecule has 0 aromatic rings. The standard InChI is InChI=1S/C11H18O4/c1-7(2)8-9-10(3,4)6-12-11(5,13-9)15-14-8/h8-9H,1,6H2,2-5H3/t8-,9+,11-/m1/s1. The van der Waals surface area contributed by atoms with E-state index in [-0.39, 0.29) is 17.6 Å². The van der Waals surface area contributed by atoms with Gasteiger partial charge in [-0.05, 0) is 12.5 Å². The van der Waals surface area contributed by atoms with Gasteiger partial charge < -0.3 is 9.47 Å². The molecule has 2 aliphatic heterocycles. The van der Waals surface area contributed by atoms with Crippen molar-refractivity contribution in [3.05, 3.63) is 12.2 Å². The first-order chi connectivity index (χ1) is 6.84. The highest BCUT2D eigenvalue weighted by molar-refractivity contribution is 5.06. The van der Waals surface area contributed by atoms with Crippen molar-refractivity contribution in [3.8, 4) is 0 Å². The van der Waals surface area contributed by atoms with Gasteiger partial charge >= 0.3 is 5.97 Å². The average Bonchev–Trinajstić information content (AvgIpc) is 2.13. The third kappa shape index (κ3) is 1.83. The molecule has 86 valence electrons. The smallest absolute Gasteiger partial charge is 0.309 e. The molecule has 0 amide bonds. The Kier molecular flexibility index (Phi) is 2.43. The van der Waals surface area contributed by atoms with Crippen LogP contribution in [0.1, 0.15) is 27.7 Å². The Morgan fingerprint density at radius 1 is 1.33 bits per heavy atom. The van der Waals surface area contributed by atoms with Gasteiger partial charge in [0.15, 0.2) is 0 Å². The van der Waals surface area contributed by atoms with Gasteiger partial charge in [-0.15, -0.1) is 0 Å². The molecular weight excluding hydrogens is 196 g/mol. The van der Waals surface area contributed by atoms with Crippen LogP contribution in [0.15, 0.2) is 12.2 Å². The molecule has 0 aromatic carbocycles. The minimum absolute atomic E-state index is 0.0810. The third-order valence-electron chi connectivity index (χ3n) is 2.88.